The number of rotatable bonds is 13. The first-order valence-electron chi connectivity index (χ1n) is 11.4. The zero-order valence-corrected chi connectivity index (χ0v) is 20.7. The van der Waals surface area contributed by atoms with E-state index in [1.54, 1.807) is 32.0 Å². The first kappa shape index (κ1) is 29.9. The van der Waals surface area contributed by atoms with E-state index in [0.717, 1.165) is 0 Å². The third-order valence-corrected chi connectivity index (χ3v) is 5.19. The second-order valence-corrected chi connectivity index (χ2v) is 8.71. The highest BCUT2D eigenvalue weighted by Crippen LogP contribution is 2.12. The summed E-state index contributed by atoms with van der Waals surface area (Å²) >= 11 is 0. The molecule has 0 aliphatic heterocycles. The maximum Gasteiger partial charge on any atom is 0.303 e. The van der Waals surface area contributed by atoms with Gasteiger partial charge >= 0.3 is 5.97 Å². The summed E-state index contributed by atoms with van der Waals surface area (Å²) in [7, 11) is 0. The van der Waals surface area contributed by atoms with Gasteiger partial charge in [0, 0.05) is 19.8 Å². The van der Waals surface area contributed by atoms with Crippen LogP contribution in [0.25, 0.3) is 0 Å². The van der Waals surface area contributed by atoms with Crippen molar-refractivity contribution in [2.45, 2.75) is 71.1 Å². The summed E-state index contributed by atoms with van der Waals surface area (Å²) in [5, 5.41) is 37.3. The molecule has 4 atom stereocenters. The minimum absolute atomic E-state index is 0.0527. The van der Waals surface area contributed by atoms with Gasteiger partial charge in [-0.25, -0.2) is 0 Å². The Kier molecular flexibility index (Phi) is 11.9. The van der Waals surface area contributed by atoms with Crippen molar-refractivity contribution < 1.29 is 34.2 Å². The molecule has 0 radical (unpaired) electrons. The monoisotopic (exact) mass is 503 g/mol. The summed E-state index contributed by atoms with van der Waals surface area (Å²) in [6.07, 6.45) is -0.280. The van der Waals surface area contributed by atoms with Crippen LogP contribution >= 0.6 is 0 Å². The van der Waals surface area contributed by atoms with Crippen LogP contribution in [0.3, 0.4) is 0 Å². The number of aromatic hydroxyl groups is 1. The van der Waals surface area contributed by atoms with Crippen LogP contribution in [0.15, 0.2) is 24.3 Å². The third-order valence-electron chi connectivity index (χ3n) is 5.19. The number of carboxylic acid groups (broad SMARTS) is 1. The number of nitrogens with zero attached hydrogens (tertiary/aromatic N) is 1. The molecule has 0 bridgehead atoms. The zero-order valence-electron chi connectivity index (χ0n) is 20.7. The highest BCUT2D eigenvalue weighted by molar-refractivity contribution is 5.94. The molecule has 0 aliphatic rings. The van der Waals surface area contributed by atoms with Crippen molar-refractivity contribution in [3.05, 3.63) is 29.8 Å². The van der Waals surface area contributed by atoms with Gasteiger partial charge in [0.1, 0.15) is 29.9 Å². The minimum Gasteiger partial charge on any atom is -0.508 e. The van der Waals surface area contributed by atoms with Gasteiger partial charge in [0.15, 0.2) is 0 Å². The van der Waals surface area contributed by atoms with Gasteiger partial charge in [-0.2, -0.15) is 5.26 Å². The van der Waals surface area contributed by atoms with Crippen LogP contribution in [-0.4, -0.2) is 64.0 Å². The molecule has 0 aliphatic carbocycles. The fraction of sp³-hybridized carbons (Fsp3) is 0.500. The highest BCUT2D eigenvalue weighted by Gasteiger charge is 2.30. The normalized spacial score (nSPS) is 13.9. The van der Waals surface area contributed by atoms with Crippen LogP contribution in [0, 0.1) is 17.2 Å². The van der Waals surface area contributed by atoms with Gasteiger partial charge in [-0.05, 0) is 37.0 Å². The SMILES string of the molecule is CC(=O)N[C@@H](Cc1ccc(O)cc1)C(=O)N[C@H](C(=O)N[C@@H](C)C(=O)N[C@H](C#N)CCC(=O)O)C(C)C. The zero-order chi connectivity index (χ0) is 27.4. The van der Waals surface area contributed by atoms with Crippen LogP contribution < -0.4 is 21.3 Å². The summed E-state index contributed by atoms with van der Waals surface area (Å²) in [5.74, 6) is -3.81. The van der Waals surface area contributed by atoms with Gasteiger partial charge in [-0.15, -0.1) is 0 Å². The predicted octanol–water partition coefficient (Wildman–Crippen LogP) is -0.0419. The van der Waals surface area contributed by atoms with E-state index in [2.05, 4.69) is 21.3 Å². The number of benzene rings is 1. The van der Waals surface area contributed by atoms with Gasteiger partial charge < -0.3 is 31.5 Å². The number of phenolic OH excluding ortho intramolecular Hbond substituents is 1. The fourth-order valence-corrected chi connectivity index (χ4v) is 3.21. The molecule has 0 saturated carbocycles. The number of aliphatic carboxylic acids is 1. The van der Waals surface area contributed by atoms with E-state index in [4.69, 9.17) is 10.4 Å². The largest absolute Gasteiger partial charge is 0.508 e. The fourth-order valence-electron chi connectivity index (χ4n) is 3.21. The Bertz CT molecular complexity index is 988. The highest BCUT2D eigenvalue weighted by atomic mass is 16.4. The maximum atomic E-state index is 13.0. The Labute approximate surface area is 209 Å². The molecule has 0 aromatic heterocycles. The quantitative estimate of drug-likeness (QED) is 0.215. The van der Waals surface area contributed by atoms with Crippen molar-refractivity contribution in [3.63, 3.8) is 0 Å². The van der Waals surface area contributed by atoms with Gasteiger partial charge in [-0.1, -0.05) is 26.0 Å². The number of carbonyl (C=O) groups is 5. The van der Waals surface area contributed by atoms with E-state index in [-0.39, 0.29) is 30.9 Å². The molecular formula is C24H33N5O7. The van der Waals surface area contributed by atoms with Crippen LogP contribution in [0.5, 0.6) is 5.75 Å². The number of nitrogens with one attached hydrogen (secondary N) is 4. The van der Waals surface area contributed by atoms with E-state index < -0.39 is 53.8 Å². The summed E-state index contributed by atoms with van der Waals surface area (Å²) in [6.45, 7) is 6.04. The molecule has 6 N–H and O–H groups in total. The second kappa shape index (κ2) is 14.3. The summed E-state index contributed by atoms with van der Waals surface area (Å²) in [4.78, 5) is 60.6. The first-order chi connectivity index (χ1) is 16.8. The summed E-state index contributed by atoms with van der Waals surface area (Å²) in [6, 6.07) is 3.78. The smallest absolute Gasteiger partial charge is 0.303 e. The van der Waals surface area contributed by atoms with Crippen molar-refractivity contribution in [2.24, 2.45) is 5.92 Å². The summed E-state index contributed by atoms with van der Waals surface area (Å²) < 4.78 is 0. The second-order valence-electron chi connectivity index (χ2n) is 8.71. The maximum absolute atomic E-state index is 13.0. The van der Waals surface area contributed by atoms with Crippen LogP contribution in [0.1, 0.15) is 46.1 Å². The third kappa shape index (κ3) is 10.4. The lowest BCUT2D eigenvalue weighted by molar-refractivity contribution is -0.137. The van der Waals surface area contributed by atoms with E-state index in [1.807, 2.05) is 0 Å². The van der Waals surface area contributed by atoms with Crippen molar-refractivity contribution >= 4 is 29.6 Å². The van der Waals surface area contributed by atoms with Crippen LogP contribution in [0.4, 0.5) is 0 Å². The molecule has 196 valence electrons. The lowest BCUT2D eigenvalue weighted by atomic mass is 10.0. The average molecular weight is 504 g/mol. The van der Waals surface area contributed by atoms with E-state index >= 15 is 0 Å². The van der Waals surface area contributed by atoms with Crippen molar-refractivity contribution in [3.8, 4) is 11.8 Å². The number of carboxylic acids is 1. The number of nitriles is 1. The minimum atomic E-state index is -1.11. The number of hydrogen-bond donors (Lipinski definition) is 6. The van der Waals surface area contributed by atoms with E-state index in [1.165, 1.54) is 26.0 Å². The number of hydrogen-bond acceptors (Lipinski definition) is 7. The Balaban J connectivity index is 2.86. The molecule has 0 fully saturated rings. The Morgan fingerprint density at radius 2 is 1.53 bits per heavy atom. The van der Waals surface area contributed by atoms with E-state index in [0.29, 0.717) is 5.56 Å². The molecule has 1 aromatic rings. The van der Waals surface area contributed by atoms with Gasteiger partial charge in [-0.3, -0.25) is 24.0 Å². The first-order valence-corrected chi connectivity index (χ1v) is 11.4. The standard InChI is InChI=1S/C24H33N5O7/c1-13(2)21(24(36)26-14(3)22(34)28-17(12-25)7-10-20(32)33)29-23(35)19(27-15(4)30)11-16-5-8-18(31)9-6-16/h5-6,8-9,13-14,17,19,21,31H,7,10-11H2,1-4H3,(H,26,36)(H,27,30)(H,28,34)(H,29,35)(H,32,33)/t14-,17-,19-,21-/m0/s1. The number of amides is 4. The van der Waals surface area contributed by atoms with Crippen molar-refractivity contribution in [1.82, 2.24) is 21.3 Å². The number of carbonyl (C=O) groups excluding carboxylic acids is 4. The molecule has 0 saturated heterocycles. The van der Waals surface area contributed by atoms with Crippen molar-refractivity contribution in [2.75, 3.05) is 0 Å². The summed E-state index contributed by atoms with van der Waals surface area (Å²) in [5.41, 5.74) is 0.674. The molecule has 0 unspecified atom stereocenters. The number of phenols is 1. The van der Waals surface area contributed by atoms with E-state index in [9.17, 15) is 29.1 Å². The van der Waals surface area contributed by atoms with Crippen LogP contribution in [-0.2, 0) is 30.4 Å². The Hall–Kier alpha value is -4.14. The molecule has 4 amide bonds. The molecule has 12 nitrogen and oxygen atoms in total. The van der Waals surface area contributed by atoms with Crippen molar-refractivity contribution in [1.29, 1.82) is 5.26 Å². The Morgan fingerprint density at radius 1 is 0.917 bits per heavy atom. The lowest BCUT2D eigenvalue weighted by Gasteiger charge is -2.26. The molecule has 0 heterocycles. The molecule has 12 heteroatoms. The lowest BCUT2D eigenvalue weighted by Crippen LogP contribution is -2.58. The topological polar surface area (TPSA) is 198 Å². The molecule has 0 spiro atoms. The predicted molar refractivity (Wildman–Crippen MR) is 128 cm³/mol. The Morgan fingerprint density at radius 3 is 2.03 bits per heavy atom. The van der Waals surface area contributed by atoms with Gasteiger partial charge in [0.2, 0.25) is 23.6 Å². The van der Waals surface area contributed by atoms with Crippen LogP contribution in [0.2, 0.25) is 0 Å². The molecule has 1 rings (SSSR count). The molecular weight excluding hydrogens is 470 g/mol. The van der Waals surface area contributed by atoms with Gasteiger partial charge in [0.25, 0.3) is 0 Å². The van der Waals surface area contributed by atoms with Gasteiger partial charge in [0.05, 0.1) is 6.07 Å². The molecule has 36 heavy (non-hydrogen) atoms. The molecule has 1 aromatic carbocycles. The average Bonchev–Trinajstić information content (AvgIpc) is 2.79.